The highest BCUT2D eigenvalue weighted by molar-refractivity contribution is 9.10. The van der Waals surface area contributed by atoms with Gasteiger partial charge >= 0.3 is 0 Å². The molecule has 2 nitrogen and oxygen atoms in total. The van der Waals surface area contributed by atoms with Crippen LogP contribution in [0.25, 0.3) is 0 Å². The topological polar surface area (TPSA) is 21.3 Å². The zero-order valence-electron chi connectivity index (χ0n) is 10.7. The quantitative estimate of drug-likeness (QED) is 0.862. The first-order chi connectivity index (χ1) is 9.11. The minimum Gasteiger partial charge on any atom is -0.494 e. The number of methoxy groups -OCH3 is 1. The standard InChI is InChI=1S/C14H15BrFNOS/c1-9(17-8-14-11(15)5-6-19-14)10-3-4-12(16)13(7-10)18-2/h3-7,9,17H,8H2,1-2H3. The molecule has 0 spiro atoms. The third kappa shape index (κ3) is 3.55. The largest absolute Gasteiger partial charge is 0.494 e. The van der Waals surface area contributed by atoms with E-state index < -0.39 is 0 Å². The molecule has 1 aromatic heterocycles. The summed E-state index contributed by atoms with van der Waals surface area (Å²) in [5, 5.41) is 5.46. The fraction of sp³-hybridized carbons (Fsp3) is 0.286. The molecule has 0 bridgehead atoms. The highest BCUT2D eigenvalue weighted by Crippen LogP contribution is 2.25. The van der Waals surface area contributed by atoms with E-state index in [2.05, 4.69) is 21.2 Å². The first kappa shape index (κ1) is 14.5. The summed E-state index contributed by atoms with van der Waals surface area (Å²) < 4.78 is 19.5. The molecule has 1 aromatic carbocycles. The van der Waals surface area contributed by atoms with Crippen LogP contribution in [0.15, 0.2) is 34.1 Å². The number of benzene rings is 1. The van der Waals surface area contributed by atoms with Gasteiger partial charge in [-0.1, -0.05) is 6.07 Å². The number of nitrogens with one attached hydrogen (secondary N) is 1. The lowest BCUT2D eigenvalue weighted by Gasteiger charge is -2.15. The Morgan fingerprint density at radius 3 is 2.84 bits per heavy atom. The van der Waals surface area contributed by atoms with Crippen LogP contribution in [0, 0.1) is 5.82 Å². The molecule has 0 aliphatic heterocycles. The number of hydrogen-bond acceptors (Lipinski definition) is 3. The van der Waals surface area contributed by atoms with Crippen LogP contribution in [0.3, 0.4) is 0 Å². The van der Waals surface area contributed by atoms with Crippen LogP contribution < -0.4 is 10.1 Å². The SMILES string of the molecule is COc1cc(C(C)NCc2sccc2Br)ccc1F. The summed E-state index contributed by atoms with van der Waals surface area (Å²) in [6.07, 6.45) is 0. The van der Waals surface area contributed by atoms with Crippen LogP contribution >= 0.6 is 27.3 Å². The normalized spacial score (nSPS) is 12.4. The molecule has 0 saturated heterocycles. The van der Waals surface area contributed by atoms with Gasteiger partial charge in [-0.2, -0.15) is 0 Å². The van der Waals surface area contributed by atoms with Crippen molar-refractivity contribution in [3.05, 3.63) is 50.4 Å². The Morgan fingerprint density at radius 1 is 1.42 bits per heavy atom. The summed E-state index contributed by atoms with van der Waals surface area (Å²) in [4.78, 5) is 1.25. The first-order valence-corrected chi connectivity index (χ1v) is 7.57. The van der Waals surface area contributed by atoms with Crippen molar-refractivity contribution in [2.45, 2.75) is 19.5 Å². The molecule has 0 fully saturated rings. The Hall–Kier alpha value is -0.910. The maximum Gasteiger partial charge on any atom is 0.165 e. The molecule has 0 saturated carbocycles. The van der Waals surface area contributed by atoms with Gasteiger partial charge < -0.3 is 10.1 Å². The van der Waals surface area contributed by atoms with Crippen LogP contribution in [0.5, 0.6) is 5.75 Å². The molecular weight excluding hydrogens is 329 g/mol. The molecule has 2 rings (SSSR count). The zero-order valence-corrected chi connectivity index (χ0v) is 13.1. The summed E-state index contributed by atoms with van der Waals surface area (Å²) in [6.45, 7) is 2.83. The van der Waals surface area contributed by atoms with E-state index in [0.29, 0.717) is 0 Å². The average molecular weight is 344 g/mol. The molecule has 0 amide bonds. The molecule has 1 unspecified atom stereocenters. The van der Waals surface area contributed by atoms with E-state index in [0.717, 1.165) is 16.6 Å². The van der Waals surface area contributed by atoms with E-state index in [-0.39, 0.29) is 17.6 Å². The molecular formula is C14H15BrFNOS. The lowest BCUT2D eigenvalue weighted by atomic mass is 10.1. The smallest absolute Gasteiger partial charge is 0.165 e. The third-order valence-electron chi connectivity index (χ3n) is 2.94. The number of hydrogen-bond donors (Lipinski definition) is 1. The molecule has 19 heavy (non-hydrogen) atoms. The van der Waals surface area contributed by atoms with Gasteiger partial charge in [0, 0.05) is 21.9 Å². The number of ether oxygens (including phenoxy) is 1. The van der Waals surface area contributed by atoms with Crippen molar-refractivity contribution in [1.29, 1.82) is 0 Å². The molecule has 5 heteroatoms. The van der Waals surface area contributed by atoms with E-state index in [9.17, 15) is 4.39 Å². The summed E-state index contributed by atoms with van der Waals surface area (Å²) >= 11 is 5.21. The van der Waals surface area contributed by atoms with Crippen LogP contribution in [-0.4, -0.2) is 7.11 Å². The molecule has 0 radical (unpaired) electrons. The summed E-state index contributed by atoms with van der Waals surface area (Å²) in [7, 11) is 1.48. The fourth-order valence-corrected chi connectivity index (χ4v) is 3.20. The molecule has 1 N–H and O–H groups in total. The van der Waals surface area contributed by atoms with E-state index in [1.54, 1.807) is 23.5 Å². The monoisotopic (exact) mass is 343 g/mol. The Morgan fingerprint density at radius 2 is 2.21 bits per heavy atom. The molecule has 0 aliphatic rings. The Balaban J connectivity index is 2.03. The van der Waals surface area contributed by atoms with Gasteiger partial charge in [-0.15, -0.1) is 11.3 Å². The molecule has 102 valence electrons. The van der Waals surface area contributed by atoms with Crippen molar-refractivity contribution >= 4 is 27.3 Å². The lowest BCUT2D eigenvalue weighted by Crippen LogP contribution is -2.17. The van der Waals surface area contributed by atoms with E-state index >= 15 is 0 Å². The van der Waals surface area contributed by atoms with E-state index in [4.69, 9.17) is 4.74 Å². The fourth-order valence-electron chi connectivity index (χ4n) is 1.76. The Kier molecular flexibility index (Phi) is 4.96. The van der Waals surface area contributed by atoms with Gasteiger partial charge in [0.05, 0.1) is 7.11 Å². The number of halogens is 2. The summed E-state index contributed by atoms with van der Waals surface area (Å²) in [6, 6.07) is 7.11. The van der Waals surface area contributed by atoms with Crippen molar-refractivity contribution in [2.75, 3.05) is 7.11 Å². The van der Waals surface area contributed by atoms with Crippen molar-refractivity contribution in [1.82, 2.24) is 5.32 Å². The van der Waals surface area contributed by atoms with Crippen molar-refractivity contribution < 1.29 is 9.13 Å². The summed E-state index contributed by atoms with van der Waals surface area (Å²) in [5.74, 6) is -0.0529. The Labute approximate surface area is 124 Å². The molecule has 0 aliphatic carbocycles. The predicted octanol–water partition coefficient (Wildman–Crippen LogP) is 4.51. The van der Waals surface area contributed by atoms with Gasteiger partial charge in [0.25, 0.3) is 0 Å². The van der Waals surface area contributed by atoms with Gasteiger partial charge in [0.15, 0.2) is 11.6 Å². The maximum atomic E-state index is 13.3. The van der Waals surface area contributed by atoms with Crippen LogP contribution in [0.2, 0.25) is 0 Å². The van der Waals surface area contributed by atoms with Gasteiger partial charge in [0.1, 0.15) is 0 Å². The van der Waals surface area contributed by atoms with E-state index in [1.165, 1.54) is 18.1 Å². The molecule has 1 heterocycles. The molecule has 1 atom stereocenters. The van der Waals surface area contributed by atoms with Crippen molar-refractivity contribution in [3.63, 3.8) is 0 Å². The third-order valence-corrected chi connectivity index (χ3v) is 4.86. The first-order valence-electron chi connectivity index (χ1n) is 5.90. The average Bonchev–Trinajstić information content (AvgIpc) is 2.82. The van der Waals surface area contributed by atoms with Crippen molar-refractivity contribution in [2.24, 2.45) is 0 Å². The maximum absolute atomic E-state index is 13.3. The lowest BCUT2D eigenvalue weighted by molar-refractivity contribution is 0.385. The number of rotatable bonds is 5. The minimum atomic E-state index is -0.334. The highest BCUT2D eigenvalue weighted by atomic mass is 79.9. The summed E-state index contributed by atoms with van der Waals surface area (Å²) in [5.41, 5.74) is 1.01. The van der Waals surface area contributed by atoms with Crippen LogP contribution in [-0.2, 0) is 6.54 Å². The van der Waals surface area contributed by atoms with Gasteiger partial charge in [-0.25, -0.2) is 4.39 Å². The van der Waals surface area contributed by atoms with E-state index in [1.807, 2.05) is 18.4 Å². The Bertz CT molecular complexity index is 558. The second-order valence-corrected chi connectivity index (χ2v) is 6.04. The molecule has 2 aromatic rings. The van der Waals surface area contributed by atoms with Crippen LogP contribution in [0.1, 0.15) is 23.4 Å². The van der Waals surface area contributed by atoms with Gasteiger partial charge in [0.2, 0.25) is 0 Å². The second-order valence-electron chi connectivity index (χ2n) is 4.19. The minimum absolute atomic E-state index is 0.128. The van der Waals surface area contributed by atoms with Crippen LogP contribution in [0.4, 0.5) is 4.39 Å². The van der Waals surface area contributed by atoms with Crippen molar-refractivity contribution in [3.8, 4) is 5.75 Å². The zero-order chi connectivity index (χ0) is 13.8. The van der Waals surface area contributed by atoms with Gasteiger partial charge in [-0.3, -0.25) is 0 Å². The number of thiophene rings is 1. The highest BCUT2D eigenvalue weighted by Gasteiger charge is 2.10. The second kappa shape index (κ2) is 6.50. The van der Waals surface area contributed by atoms with Gasteiger partial charge in [-0.05, 0) is 52.0 Å². The predicted molar refractivity (Wildman–Crippen MR) is 80.2 cm³/mol.